The van der Waals surface area contributed by atoms with Crippen molar-refractivity contribution in [2.75, 3.05) is 19.0 Å². The average molecular weight is 294 g/mol. The Morgan fingerprint density at radius 1 is 0.909 bits per heavy atom. The van der Waals surface area contributed by atoms with Crippen LogP contribution < -0.4 is 14.6 Å². The van der Waals surface area contributed by atoms with Crippen molar-refractivity contribution < 1.29 is 19.3 Å². The zero-order valence-corrected chi connectivity index (χ0v) is 12.2. The molecule has 0 atom stereocenters. The van der Waals surface area contributed by atoms with Crippen LogP contribution in [0.2, 0.25) is 0 Å². The molecule has 0 N–H and O–H groups in total. The molecule has 22 heavy (non-hydrogen) atoms. The molecule has 0 spiro atoms. The quantitative estimate of drug-likeness (QED) is 0.597. The van der Waals surface area contributed by atoms with Crippen molar-refractivity contribution in [1.29, 1.82) is 0 Å². The zero-order chi connectivity index (χ0) is 15.9. The van der Waals surface area contributed by atoms with Gasteiger partial charge in [0.2, 0.25) is 5.78 Å². The van der Waals surface area contributed by atoms with Crippen molar-refractivity contribution in [2.24, 2.45) is 0 Å². The molecule has 0 fully saturated rings. The lowest BCUT2D eigenvalue weighted by Crippen LogP contribution is -2.43. The fourth-order valence-corrected chi connectivity index (χ4v) is 2.44. The molecule has 1 aromatic carbocycles. The number of anilines is 1. The fraction of sp³-hybridized carbons (Fsp3) is 0.118. The van der Waals surface area contributed by atoms with Gasteiger partial charge in [0.1, 0.15) is 0 Å². The number of rotatable bonds is 2. The predicted octanol–water partition coefficient (Wildman–Crippen LogP) is 0.492. The number of allylic oxidation sites excluding steroid dienone is 1. The average Bonchev–Trinajstić information content (AvgIpc) is 2.53. The molecule has 5 heteroatoms. The largest absolute Gasteiger partial charge is 0.867 e. The molecule has 1 aliphatic carbocycles. The number of carbonyl (C=O) groups is 2. The highest BCUT2D eigenvalue weighted by atomic mass is 16.3. The van der Waals surface area contributed by atoms with Crippen molar-refractivity contribution in [1.82, 2.24) is 0 Å². The molecule has 0 amide bonds. The number of hydrogen-bond donors (Lipinski definition) is 0. The van der Waals surface area contributed by atoms with Gasteiger partial charge in [-0.15, -0.1) is 0 Å². The third kappa shape index (κ3) is 2.07. The monoisotopic (exact) mass is 294 g/mol. The first-order valence-electron chi connectivity index (χ1n) is 6.79. The summed E-state index contributed by atoms with van der Waals surface area (Å²) >= 11 is 0. The van der Waals surface area contributed by atoms with Crippen LogP contribution in [-0.4, -0.2) is 25.7 Å². The first-order valence-corrected chi connectivity index (χ1v) is 6.79. The van der Waals surface area contributed by atoms with E-state index in [4.69, 9.17) is 0 Å². The van der Waals surface area contributed by atoms with E-state index < -0.39 is 17.3 Å². The Balaban J connectivity index is 2.17. The number of carbonyl (C=O) groups excluding carboxylic acids is 2. The summed E-state index contributed by atoms with van der Waals surface area (Å²) in [6.07, 6.45) is 3.23. The van der Waals surface area contributed by atoms with Gasteiger partial charge in [-0.1, -0.05) is 24.3 Å². The lowest BCUT2D eigenvalue weighted by molar-refractivity contribution is -0.579. The van der Waals surface area contributed by atoms with Crippen molar-refractivity contribution in [3.8, 4) is 0 Å². The Bertz CT molecular complexity index is 805. The van der Waals surface area contributed by atoms with Gasteiger partial charge in [0.15, 0.2) is 12.4 Å². The number of nitrogens with zero attached hydrogens (tertiary/aromatic N) is 2. The number of hydrogen-bond acceptors (Lipinski definition) is 4. The molecule has 1 aliphatic rings. The molecule has 1 heterocycles. The van der Waals surface area contributed by atoms with Gasteiger partial charge in [-0.2, -0.15) is 4.57 Å². The Morgan fingerprint density at radius 3 is 2.09 bits per heavy atom. The van der Waals surface area contributed by atoms with Crippen LogP contribution in [0, 0.1) is 0 Å². The Labute approximate surface area is 127 Å². The van der Waals surface area contributed by atoms with Crippen LogP contribution in [0.25, 0.3) is 11.5 Å². The summed E-state index contributed by atoms with van der Waals surface area (Å²) in [6, 6.07) is 9.94. The number of Topliss-reactive ketones (excluding diaryl/α,β-unsaturated/α-hetero) is 2. The summed E-state index contributed by atoms with van der Waals surface area (Å²) in [7, 11) is 3.78. The minimum atomic E-state index is -0.772. The maximum atomic E-state index is 12.6. The van der Waals surface area contributed by atoms with Gasteiger partial charge in [-0.3, -0.25) is 9.59 Å². The molecule has 0 radical (unpaired) electrons. The molecule has 0 bridgehead atoms. The molecule has 110 valence electrons. The van der Waals surface area contributed by atoms with E-state index in [1.54, 1.807) is 42.7 Å². The second-order valence-corrected chi connectivity index (χ2v) is 5.24. The van der Waals surface area contributed by atoms with Gasteiger partial charge >= 0.3 is 0 Å². The molecule has 0 aliphatic heterocycles. The topological polar surface area (TPSA) is 64.3 Å². The number of fused-ring (bicyclic) bond motifs is 1. The molecule has 1 aromatic heterocycles. The maximum absolute atomic E-state index is 12.6. The van der Waals surface area contributed by atoms with Crippen LogP contribution in [0.3, 0.4) is 0 Å². The third-order valence-electron chi connectivity index (χ3n) is 3.64. The lowest BCUT2D eigenvalue weighted by atomic mass is 9.91. The van der Waals surface area contributed by atoms with E-state index in [2.05, 4.69) is 0 Å². The predicted molar refractivity (Wildman–Crippen MR) is 79.9 cm³/mol. The minimum Gasteiger partial charge on any atom is -0.867 e. The van der Waals surface area contributed by atoms with Crippen molar-refractivity contribution in [3.05, 3.63) is 59.9 Å². The van der Waals surface area contributed by atoms with E-state index in [0.717, 1.165) is 5.69 Å². The number of benzene rings is 1. The first-order chi connectivity index (χ1) is 10.5. The van der Waals surface area contributed by atoms with Gasteiger partial charge in [0.25, 0.3) is 11.5 Å². The van der Waals surface area contributed by atoms with Crippen LogP contribution in [0.15, 0.2) is 48.8 Å². The second kappa shape index (κ2) is 5.11. The van der Waals surface area contributed by atoms with E-state index in [-0.39, 0.29) is 16.8 Å². The summed E-state index contributed by atoms with van der Waals surface area (Å²) in [5, 5.41) is 12.6. The molecular weight excluding hydrogens is 280 g/mol. The fourth-order valence-electron chi connectivity index (χ4n) is 2.44. The van der Waals surface area contributed by atoms with Crippen LogP contribution >= 0.6 is 0 Å². The summed E-state index contributed by atoms with van der Waals surface area (Å²) in [4.78, 5) is 26.4. The van der Waals surface area contributed by atoms with E-state index >= 15 is 0 Å². The first kappa shape index (κ1) is 14.0. The summed E-state index contributed by atoms with van der Waals surface area (Å²) in [5.41, 5.74) is 1.24. The SMILES string of the molecule is CN(C)c1cc[n+](C2=C([O-])c3ccccc3C(=O)C2=O)cc1. The molecule has 3 rings (SSSR count). The Morgan fingerprint density at radius 2 is 1.50 bits per heavy atom. The highest BCUT2D eigenvalue weighted by Gasteiger charge is 2.35. The molecular formula is C17H14N2O3. The highest BCUT2D eigenvalue weighted by Crippen LogP contribution is 2.25. The van der Waals surface area contributed by atoms with E-state index in [0.29, 0.717) is 0 Å². The summed E-state index contributed by atoms with van der Waals surface area (Å²) in [6.45, 7) is 0. The smallest absolute Gasteiger partial charge is 0.296 e. The second-order valence-electron chi connectivity index (χ2n) is 5.24. The van der Waals surface area contributed by atoms with Gasteiger partial charge in [0.05, 0.1) is 0 Å². The van der Waals surface area contributed by atoms with Gasteiger partial charge in [-0.25, -0.2) is 0 Å². The van der Waals surface area contributed by atoms with E-state index in [1.165, 1.54) is 10.6 Å². The van der Waals surface area contributed by atoms with E-state index in [1.807, 2.05) is 19.0 Å². The van der Waals surface area contributed by atoms with Gasteiger partial charge in [-0.05, 0) is 11.3 Å². The Kier molecular flexibility index (Phi) is 3.25. The third-order valence-corrected chi connectivity index (χ3v) is 3.64. The van der Waals surface area contributed by atoms with Crippen molar-refractivity contribution >= 4 is 28.7 Å². The zero-order valence-electron chi connectivity index (χ0n) is 12.2. The van der Waals surface area contributed by atoms with Gasteiger partial charge < -0.3 is 10.0 Å². The number of aromatic nitrogens is 1. The number of ketones is 2. The lowest BCUT2D eigenvalue weighted by Gasteiger charge is -2.21. The summed E-state index contributed by atoms with van der Waals surface area (Å²) < 4.78 is 1.41. The Hall–Kier alpha value is -2.95. The molecule has 5 nitrogen and oxygen atoms in total. The number of pyridine rings is 1. The van der Waals surface area contributed by atoms with Gasteiger partial charge in [0, 0.05) is 37.5 Å². The van der Waals surface area contributed by atoms with Crippen LogP contribution in [0.4, 0.5) is 5.69 Å². The molecule has 0 unspecified atom stereocenters. The van der Waals surface area contributed by atoms with Crippen LogP contribution in [0.5, 0.6) is 0 Å². The molecule has 2 aromatic rings. The highest BCUT2D eigenvalue weighted by molar-refractivity contribution is 6.58. The maximum Gasteiger partial charge on any atom is 0.296 e. The van der Waals surface area contributed by atoms with Crippen LogP contribution in [0.1, 0.15) is 15.9 Å². The van der Waals surface area contributed by atoms with Crippen LogP contribution in [-0.2, 0) is 4.79 Å². The molecule has 0 saturated heterocycles. The standard InChI is InChI=1S/C17H14N2O3/c1-18(2)11-7-9-19(10-8-11)14-15(20)12-5-3-4-6-13(12)16(21)17(14)22/h3-10H,1-2H3. The van der Waals surface area contributed by atoms with Crippen molar-refractivity contribution in [2.45, 2.75) is 0 Å². The molecule has 0 saturated carbocycles. The van der Waals surface area contributed by atoms with E-state index in [9.17, 15) is 14.7 Å². The minimum absolute atomic E-state index is 0.131. The summed E-state index contributed by atoms with van der Waals surface area (Å²) in [5.74, 6) is -1.84. The van der Waals surface area contributed by atoms with Crippen molar-refractivity contribution in [3.63, 3.8) is 0 Å². The normalized spacial score (nSPS) is 14.1.